The highest BCUT2D eigenvalue weighted by Gasteiger charge is 2.37. The number of nitrogens with one attached hydrogen (secondary N) is 1. The van der Waals surface area contributed by atoms with Crippen molar-refractivity contribution < 1.29 is 27.9 Å². The fraction of sp³-hybridized carbons (Fsp3) is 0.346. The lowest BCUT2D eigenvalue weighted by atomic mass is 10.0. The predicted molar refractivity (Wildman–Crippen MR) is 131 cm³/mol. The summed E-state index contributed by atoms with van der Waals surface area (Å²) in [6, 6.07) is 7.76. The highest BCUT2D eigenvalue weighted by Crippen LogP contribution is 2.38. The van der Waals surface area contributed by atoms with Crippen LogP contribution in [0, 0.1) is 11.7 Å². The van der Waals surface area contributed by atoms with Crippen molar-refractivity contribution in [1.29, 1.82) is 0 Å². The standard InChI is InChI=1S/C26H29FN4O5/c1-14(2)10-18(24(28)32)29-25-22(27)17-13-31(12-15-7-8-16(34-3)11-20(15)35-4)26(33)21(17)23(30-25)19-6-5-9-36-19/h5-9,11,14,18H,10,12-13H2,1-4H3,(H2,28,32)(H,29,30)/t18-/m1/s1. The molecule has 9 nitrogen and oxygen atoms in total. The summed E-state index contributed by atoms with van der Waals surface area (Å²) in [4.78, 5) is 31.4. The molecule has 36 heavy (non-hydrogen) atoms. The van der Waals surface area contributed by atoms with E-state index in [4.69, 9.17) is 19.6 Å². The first-order chi connectivity index (χ1) is 17.2. The van der Waals surface area contributed by atoms with Gasteiger partial charge in [-0.1, -0.05) is 13.8 Å². The van der Waals surface area contributed by atoms with Gasteiger partial charge in [-0.2, -0.15) is 0 Å². The smallest absolute Gasteiger partial charge is 0.257 e. The van der Waals surface area contributed by atoms with E-state index in [-0.39, 0.29) is 47.6 Å². The topological polar surface area (TPSA) is 120 Å². The Balaban J connectivity index is 1.74. The van der Waals surface area contributed by atoms with Crippen LogP contribution in [0.25, 0.3) is 11.5 Å². The number of halogens is 1. The summed E-state index contributed by atoms with van der Waals surface area (Å²) in [5, 5.41) is 2.85. The molecule has 0 unspecified atom stereocenters. The van der Waals surface area contributed by atoms with E-state index in [0.29, 0.717) is 23.7 Å². The largest absolute Gasteiger partial charge is 0.497 e. The Morgan fingerprint density at radius 1 is 1.28 bits per heavy atom. The monoisotopic (exact) mass is 496 g/mol. The second kappa shape index (κ2) is 10.3. The van der Waals surface area contributed by atoms with Crippen LogP contribution >= 0.6 is 0 Å². The molecule has 190 valence electrons. The number of aromatic nitrogens is 1. The van der Waals surface area contributed by atoms with E-state index in [0.717, 1.165) is 5.56 Å². The summed E-state index contributed by atoms with van der Waals surface area (Å²) in [5.41, 5.74) is 6.78. The molecule has 3 N–H and O–H groups in total. The Morgan fingerprint density at radius 2 is 2.06 bits per heavy atom. The van der Waals surface area contributed by atoms with Gasteiger partial charge in [-0.25, -0.2) is 9.37 Å². The number of rotatable bonds is 10. The number of hydrogen-bond acceptors (Lipinski definition) is 7. The van der Waals surface area contributed by atoms with Crippen LogP contribution in [0.3, 0.4) is 0 Å². The van der Waals surface area contributed by atoms with Crippen LogP contribution in [0.4, 0.5) is 10.2 Å². The Hall–Kier alpha value is -4.08. The number of primary amides is 1. The number of benzene rings is 1. The lowest BCUT2D eigenvalue weighted by molar-refractivity contribution is -0.119. The van der Waals surface area contributed by atoms with Gasteiger partial charge in [-0.15, -0.1) is 0 Å². The van der Waals surface area contributed by atoms with Crippen molar-refractivity contribution in [2.75, 3.05) is 19.5 Å². The first-order valence-corrected chi connectivity index (χ1v) is 11.6. The van der Waals surface area contributed by atoms with Crippen molar-refractivity contribution in [3.05, 3.63) is 59.1 Å². The molecule has 3 aromatic rings. The molecule has 3 heterocycles. The van der Waals surface area contributed by atoms with Gasteiger partial charge in [-0.05, 0) is 36.6 Å². The van der Waals surface area contributed by atoms with E-state index in [1.54, 1.807) is 37.4 Å². The molecule has 10 heteroatoms. The number of fused-ring (bicyclic) bond motifs is 1. The molecule has 0 spiro atoms. The number of pyridine rings is 1. The molecule has 2 amide bonds. The normalized spacial score (nSPS) is 13.6. The Labute approximate surface area is 208 Å². The SMILES string of the molecule is COc1ccc(CN2Cc3c(F)c(N[C@H](CC(C)C)C(N)=O)nc(-c4ccco4)c3C2=O)c(OC)c1. The van der Waals surface area contributed by atoms with Crippen LogP contribution in [-0.2, 0) is 17.9 Å². The molecule has 0 saturated carbocycles. The molecule has 1 aliphatic heterocycles. The van der Waals surface area contributed by atoms with Gasteiger partial charge >= 0.3 is 0 Å². The lowest BCUT2D eigenvalue weighted by Crippen LogP contribution is -2.37. The van der Waals surface area contributed by atoms with Gasteiger partial charge in [0, 0.05) is 23.7 Å². The van der Waals surface area contributed by atoms with E-state index in [1.807, 2.05) is 13.8 Å². The number of methoxy groups -OCH3 is 2. The molecular weight excluding hydrogens is 467 g/mol. The summed E-state index contributed by atoms with van der Waals surface area (Å²) in [7, 11) is 3.08. The predicted octanol–water partition coefficient (Wildman–Crippen LogP) is 3.97. The number of carbonyl (C=O) groups excluding carboxylic acids is 2. The minimum absolute atomic E-state index is 0.00547. The fourth-order valence-electron chi connectivity index (χ4n) is 4.30. The molecule has 0 saturated heterocycles. The zero-order valence-corrected chi connectivity index (χ0v) is 20.6. The maximum Gasteiger partial charge on any atom is 0.257 e. The van der Waals surface area contributed by atoms with Gasteiger partial charge < -0.3 is 29.8 Å². The summed E-state index contributed by atoms with van der Waals surface area (Å²) in [6.07, 6.45) is 1.84. The summed E-state index contributed by atoms with van der Waals surface area (Å²) < 4.78 is 32.0. The Kier molecular flexibility index (Phi) is 7.14. The van der Waals surface area contributed by atoms with Gasteiger partial charge in [0.1, 0.15) is 23.2 Å². The second-order valence-corrected chi connectivity index (χ2v) is 9.02. The van der Waals surface area contributed by atoms with Crippen LogP contribution in [-0.4, -0.2) is 42.0 Å². The molecule has 0 aliphatic carbocycles. The number of hydrogen-bond donors (Lipinski definition) is 2. The average molecular weight is 497 g/mol. The van der Waals surface area contributed by atoms with Gasteiger partial charge in [0.05, 0.1) is 32.6 Å². The van der Waals surface area contributed by atoms with E-state index in [2.05, 4.69) is 10.3 Å². The average Bonchev–Trinajstić information content (AvgIpc) is 3.49. The molecule has 1 aromatic carbocycles. The molecule has 0 radical (unpaired) electrons. The zero-order valence-electron chi connectivity index (χ0n) is 20.6. The Bertz CT molecular complexity index is 1280. The molecule has 1 aliphatic rings. The van der Waals surface area contributed by atoms with E-state index in [1.165, 1.54) is 18.3 Å². The van der Waals surface area contributed by atoms with Crippen molar-refractivity contribution in [1.82, 2.24) is 9.88 Å². The number of anilines is 1. The number of nitrogens with two attached hydrogens (primary N) is 1. The zero-order chi connectivity index (χ0) is 26.0. The van der Waals surface area contributed by atoms with Crippen molar-refractivity contribution in [3.8, 4) is 23.0 Å². The van der Waals surface area contributed by atoms with Crippen molar-refractivity contribution in [3.63, 3.8) is 0 Å². The van der Waals surface area contributed by atoms with E-state index in [9.17, 15) is 9.59 Å². The van der Waals surface area contributed by atoms with Crippen molar-refractivity contribution in [2.24, 2.45) is 11.7 Å². The van der Waals surface area contributed by atoms with Crippen LogP contribution < -0.4 is 20.5 Å². The Morgan fingerprint density at radius 3 is 2.67 bits per heavy atom. The minimum atomic E-state index is -0.828. The number of amides is 2. The molecule has 2 aromatic heterocycles. The minimum Gasteiger partial charge on any atom is -0.497 e. The van der Waals surface area contributed by atoms with E-state index >= 15 is 4.39 Å². The number of furan rings is 1. The first kappa shape index (κ1) is 25.0. The summed E-state index contributed by atoms with van der Waals surface area (Å²) in [5.74, 6) is -0.254. The highest BCUT2D eigenvalue weighted by atomic mass is 19.1. The van der Waals surface area contributed by atoms with Gasteiger partial charge in [0.15, 0.2) is 17.4 Å². The van der Waals surface area contributed by atoms with Gasteiger partial charge in [0.25, 0.3) is 5.91 Å². The summed E-state index contributed by atoms with van der Waals surface area (Å²) >= 11 is 0. The quantitative estimate of drug-likeness (QED) is 0.436. The lowest BCUT2D eigenvalue weighted by Gasteiger charge is -2.19. The first-order valence-electron chi connectivity index (χ1n) is 11.6. The summed E-state index contributed by atoms with van der Waals surface area (Å²) in [6.45, 7) is 4.05. The third kappa shape index (κ3) is 4.84. The number of nitrogens with zero attached hydrogens (tertiary/aromatic N) is 2. The number of ether oxygens (including phenoxy) is 2. The second-order valence-electron chi connectivity index (χ2n) is 9.02. The van der Waals surface area contributed by atoms with Crippen LogP contribution in [0.2, 0.25) is 0 Å². The molecular formula is C26H29FN4O5. The molecule has 4 rings (SSSR count). The maximum absolute atomic E-state index is 15.8. The molecule has 0 bridgehead atoms. The van der Waals surface area contributed by atoms with Gasteiger partial charge in [0.2, 0.25) is 5.91 Å². The maximum atomic E-state index is 15.8. The third-order valence-corrected chi connectivity index (χ3v) is 6.06. The van der Waals surface area contributed by atoms with Crippen LogP contribution in [0.1, 0.15) is 41.8 Å². The van der Waals surface area contributed by atoms with Crippen LogP contribution in [0.5, 0.6) is 11.5 Å². The van der Waals surface area contributed by atoms with Crippen LogP contribution in [0.15, 0.2) is 41.0 Å². The highest BCUT2D eigenvalue weighted by molar-refractivity contribution is 6.03. The van der Waals surface area contributed by atoms with Gasteiger partial charge in [-0.3, -0.25) is 9.59 Å². The molecule has 1 atom stereocenters. The van der Waals surface area contributed by atoms with Crippen molar-refractivity contribution >= 4 is 17.6 Å². The number of carbonyl (C=O) groups is 2. The van der Waals surface area contributed by atoms with E-state index < -0.39 is 17.8 Å². The fourth-order valence-corrected chi connectivity index (χ4v) is 4.30. The van der Waals surface area contributed by atoms with Crippen molar-refractivity contribution in [2.45, 2.75) is 39.4 Å². The third-order valence-electron chi connectivity index (χ3n) is 6.06. The molecule has 0 fully saturated rings.